The van der Waals surface area contributed by atoms with Gasteiger partial charge in [0.15, 0.2) is 11.4 Å². The summed E-state index contributed by atoms with van der Waals surface area (Å²) in [6.45, 7) is 1.11. The van der Waals surface area contributed by atoms with Crippen molar-refractivity contribution in [2.45, 2.75) is 13.5 Å². The van der Waals surface area contributed by atoms with Gasteiger partial charge in [-0.15, -0.1) is 0 Å². The first-order chi connectivity index (χ1) is 12.0. The Morgan fingerprint density at radius 1 is 1.20 bits per heavy atom. The topological polar surface area (TPSA) is 102 Å². The van der Waals surface area contributed by atoms with E-state index in [1.165, 1.54) is 11.6 Å². The van der Waals surface area contributed by atoms with Crippen molar-refractivity contribution in [2.75, 3.05) is 0 Å². The molecule has 0 radical (unpaired) electrons. The molecule has 0 fully saturated rings. The molecule has 0 saturated heterocycles. The number of aromatic nitrogens is 5. The van der Waals surface area contributed by atoms with Gasteiger partial charge in [0.25, 0.3) is 0 Å². The molecule has 1 N–H and O–H groups in total. The predicted molar refractivity (Wildman–Crippen MR) is 89.4 cm³/mol. The van der Waals surface area contributed by atoms with Crippen LogP contribution in [0.25, 0.3) is 27.7 Å². The van der Waals surface area contributed by atoms with Gasteiger partial charge in [0.1, 0.15) is 12.2 Å². The highest BCUT2D eigenvalue weighted by Gasteiger charge is 2.16. The Morgan fingerprint density at radius 2 is 2.04 bits per heavy atom. The quantitative estimate of drug-likeness (QED) is 0.573. The molecule has 1 aromatic carbocycles. The minimum atomic E-state index is -1.02. The lowest BCUT2D eigenvalue weighted by Gasteiger charge is -2.04. The average molecular weight is 335 g/mol. The number of carboxylic acid groups (broad SMARTS) is 1. The Hall–Kier alpha value is -3.55. The van der Waals surface area contributed by atoms with Gasteiger partial charge in [0, 0.05) is 36.3 Å². The summed E-state index contributed by atoms with van der Waals surface area (Å²) in [5.74, 6) is -1.23. The molecule has 8 nitrogen and oxygen atoms in total. The molecular weight excluding hydrogens is 322 g/mol. The number of hydrogen-bond acceptors (Lipinski definition) is 5. The highest BCUT2D eigenvalue weighted by atomic mass is 16.4. The van der Waals surface area contributed by atoms with Gasteiger partial charge in [-0.3, -0.25) is 14.3 Å². The van der Waals surface area contributed by atoms with Crippen LogP contribution in [-0.2, 0) is 11.3 Å². The van der Waals surface area contributed by atoms with Crippen LogP contribution in [0.15, 0.2) is 42.9 Å². The zero-order valence-electron chi connectivity index (χ0n) is 13.2. The Kier molecular flexibility index (Phi) is 3.31. The summed E-state index contributed by atoms with van der Waals surface area (Å²) in [6, 6.07) is 7.24. The van der Waals surface area contributed by atoms with Crippen LogP contribution in [0.4, 0.5) is 0 Å². The van der Waals surface area contributed by atoms with Crippen LogP contribution < -0.4 is 0 Å². The summed E-state index contributed by atoms with van der Waals surface area (Å²) in [5.41, 5.74) is 3.27. The van der Waals surface area contributed by atoms with E-state index < -0.39 is 5.97 Å². The van der Waals surface area contributed by atoms with Crippen LogP contribution in [0.3, 0.4) is 0 Å². The number of aliphatic carboxylic acids is 1. The van der Waals surface area contributed by atoms with E-state index in [1.54, 1.807) is 29.0 Å². The average Bonchev–Trinajstić information content (AvgIpc) is 3.18. The van der Waals surface area contributed by atoms with Crippen molar-refractivity contribution in [1.29, 1.82) is 0 Å². The number of benzene rings is 1. The van der Waals surface area contributed by atoms with Gasteiger partial charge < -0.3 is 5.11 Å². The first kappa shape index (κ1) is 15.0. The van der Waals surface area contributed by atoms with Gasteiger partial charge in [0.2, 0.25) is 0 Å². The molecular formula is C17H13N5O3. The van der Waals surface area contributed by atoms with Gasteiger partial charge in [0.05, 0.1) is 11.7 Å². The third-order valence-electron chi connectivity index (χ3n) is 3.95. The second-order valence-corrected chi connectivity index (χ2v) is 5.66. The van der Waals surface area contributed by atoms with Crippen molar-refractivity contribution in [3.8, 4) is 11.1 Å². The van der Waals surface area contributed by atoms with Crippen molar-refractivity contribution in [2.24, 2.45) is 0 Å². The van der Waals surface area contributed by atoms with E-state index in [0.717, 1.165) is 16.8 Å². The summed E-state index contributed by atoms with van der Waals surface area (Å²) in [4.78, 5) is 27.2. The van der Waals surface area contributed by atoms with E-state index >= 15 is 0 Å². The van der Waals surface area contributed by atoms with Gasteiger partial charge in [-0.25, -0.2) is 9.50 Å². The zero-order chi connectivity index (χ0) is 17.6. The van der Waals surface area contributed by atoms with E-state index in [1.807, 2.05) is 18.3 Å². The molecule has 0 saturated carbocycles. The van der Waals surface area contributed by atoms with Gasteiger partial charge in [-0.05, 0) is 17.7 Å². The summed E-state index contributed by atoms with van der Waals surface area (Å²) < 4.78 is 2.99. The molecule has 8 heteroatoms. The molecule has 0 unspecified atom stereocenters. The fourth-order valence-electron chi connectivity index (χ4n) is 2.83. The molecule has 25 heavy (non-hydrogen) atoms. The Bertz CT molecular complexity index is 1140. The third-order valence-corrected chi connectivity index (χ3v) is 3.95. The van der Waals surface area contributed by atoms with Crippen molar-refractivity contribution in [1.82, 2.24) is 24.4 Å². The molecule has 0 aliphatic heterocycles. The number of carbonyl (C=O) groups is 2. The predicted octanol–water partition coefficient (Wildman–Crippen LogP) is 2.03. The minimum absolute atomic E-state index is 0.216. The van der Waals surface area contributed by atoms with Crippen molar-refractivity contribution in [3.05, 3.63) is 48.5 Å². The fourth-order valence-corrected chi connectivity index (χ4v) is 2.83. The van der Waals surface area contributed by atoms with Crippen LogP contribution >= 0.6 is 0 Å². The maximum absolute atomic E-state index is 11.9. The second-order valence-electron chi connectivity index (χ2n) is 5.66. The number of carboxylic acids is 1. The second kappa shape index (κ2) is 5.52. The van der Waals surface area contributed by atoms with Crippen LogP contribution in [0.1, 0.15) is 17.4 Å². The van der Waals surface area contributed by atoms with E-state index in [2.05, 4.69) is 15.2 Å². The zero-order valence-corrected chi connectivity index (χ0v) is 13.2. The summed E-state index contributed by atoms with van der Waals surface area (Å²) in [6.07, 6.45) is 5.24. The molecule has 4 rings (SSSR count). The number of nitrogens with zero attached hydrogens (tertiary/aromatic N) is 5. The molecule has 4 aromatic rings. The molecule has 0 aliphatic rings. The SMILES string of the molecule is CC(=O)c1nn(CC(=O)O)c2ccc(-c3cnc4ccnn4c3)cc12. The molecule has 124 valence electrons. The Morgan fingerprint density at radius 3 is 2.80 bits per heavy atom. The molecule has 3 aromatic heterocycles. The molecule has 0 amide bonds. The van der Waals surface area contributed by atoms with E-state index in [-0.39, 0.29) is 18.0 Å². The van der Waals surface area contributed by atoms with E-state index in [0.29, 0.717) is 10.9 Å². The number of rotatable bonds is 4. The van der Waals surface area contributed by atoms with Crippen LogP contribution in [-0.4, -0.2) is 41.2 Å². The van der Waals surface area contributed by atoms with E-state index in [4.69, 9.17) is 5.11 Å². The molecule has 0 aliphatic carbocycles. The maximum Gasteiger partial charge on any atom is 0.325 e. The standard InChI is InChI=1S/C17H13N5O3/c1-10(23)17-13-6-11(2-3-14(13)21(20-17)9-16(24)25)12-7-18-15-4-5-19-22(15)8-12/h2-8H,9H2,1H3,(H,24,25). The molecule has 0 atom stereocenters. The van der Waals surface area contributed by atoms with Gasteiger partial charge in [-0.1, -0.05) is 6.07 Å². The largest absolute Gasteiger partial charge is 0.480 e. The van der Waals surface area contributed by atoms with E-state index in [9.17, 15) is 9.59 Å². The first-order valence-corrected chi connectivity index (χ1v) is 7.56. The van der Waals surface area contributed by atoms with Crippen molar-refractivity contribution >= 4 is 28.3 Å². The summed E-state index contributed by atoms with van der Waals surface area (Å²) >= 11 is 0. The smallest absolute Gasteiger partial charge is 0.325 e. The van der Waals surface area contributed by atoms with Crippen LogP contribution in [0.5, 0.6) is 0 Å². The maximum atomic E-state index is 11.9. The third kappa shape index (κ3) is 2.53. The lowest BCUT2D eigenvalue weighted by atomic mass is 10.0. The Balaban J connectivity index is 1.90. The van der Waals surface area contributed by atoms with Gasteiger partial charge >= 0.3 is 5.97 Å². The first-order valence-electron chi connectivity index (χ1n) is 7.56. The summed E-state index contributed by atoms with van der Waals surface area (Å²) in [5, 5.41) is 18.0. The Labute approximate surface area is 141 Å². The number of Topliss-reactive ketones (excluding diaryl/α,β-unsaturated/α-hetero) is 1. The van der Waals surface area contributed by atoms with Crippen molar-refractivity contribution in [3.63, 3.8) is 0 Å². The molecule has 3 heterocycles. The minimum Gasteiger partial charge on any atom is -0.480 e. The monoisotopic (exact) mass is 335 g/mol. The normalized spacial score (nSPS) is 11.2. The number of hydrogen-bond donors (Lipinski definition) is 1. The van der Waals surface area contributed by atoms with Crippen LogP contribution in [0, 0.1) is 0 Å². The highest BCUT2D eigenvalue weighted by Crippen LogP contribution is 2.27. The number of ketones is 1. The number of fused-ring (bicyclic) bond motifs is 2. The van der Waals surface area contributed by atoms with Gasteiger partial charge in [-0.2, -0.15) is 10.2 Å². The number of carbonyl (C=O) groups excluding carboxylic acids is 1. The lowest BCUT2D eigenvalue weighted by Crippen LogP contribution is -2.10. The van der Waals surface area contributed by atoms with Crippen LogP contribution in [0.2, 0.25) is 0 Å². The fraction of sp³-hybridized carbons (Fsp3) is 0.118. The molecule has 0 bridgehead atoms. The summed E-state index contributed by atoms with van der Waals surface area (Å²) in [7, 11) is 0. The van der Waals surface area contributed by atoms with Crippen molar-refractivity contribution < 1.29 is 14.7 Å². The lowest BCUT2D eigenvalue weighted by molar-refractivity contribution is -0.137. The molecule has 0 spiro atoms. The highest BCUT2D eigenvalue weighted by molar-refractivity contribution is 6.06.